The Hall–Kier alpha value is -4.03. The lowest BCUT2D eigenvalue weighted by Gasteiger charge is -2.08. The van der Waals surface area contributed by atoms with E-state index in [1.54, 1.807) is 18.6 Å². The number of carbonyl (C=O) groups is 1. The number of aromatic nitrogens is 3. The van der Waals surface area contributed by atoms with Crippen LogP contribution in [0.5, 0.6) is 5.75 Å². The molecule has 2 heterocycles. The van der Waals surface area contributed by atoms with Crippen molar-refractivity contribution >= 4 is 44.0 Å². The monoisotopic (exact) mass is 432 g/mol. The number of nitrogens with zero attached hydrogens (tertiary/aromatic N) is 2. The first kappa shape index (κ1) is 20.3. The lowest BCUT2D eigenvalue weighted by Crippen LogP contribution is -2.12. The van der Waals surface area contributed by atoms with E-state index in [2.05, 4.69) is 37.4 Å². The summed E-state index contributed by atoms with van der Waals surface area (Å²) in [5.41, 5.74) is 9.36. The van der Waals surface area contributed by atoms with Crippen LogP contribution in [-0.4, -0.2) is 32.5 Å². The van der Waals surface area contributed by atoms with Crippen LogP contribution >= 0.6 is 11.3 Å². The minimum absolute atomic E-state index is 0.0644. The van der Waals surface area contributed by atoms with E-state index in [4.69, 9.17) is 5.73 Å². The maximum Gasteiger partial charge on any atom is 0.224 e. The third-order valence-electron chi connectivity index (χ3n) is 4.43. The van der Waals surface area contributed by atoms with E-state index in [0.29, 0.717) is 41.3 Å². The summed E-state index contributed by atoms with van der Waals surface area (Å²) in [5.74, 6) is 6.05. The van der Waals surface area contributed by atoms with Crippen molar-refractivity contribution in [3.8, 4) is 17.6 Å². The van der Waals surface area contributed by atoms with Gasteiger partial charge >= 0.3 is 0 Å². The summed E-state index contributed by atoms with van der Waals surface area (Å²) < 4.78 is 0.797. The molecule has 31 heavy (non-hydrogen) atoms. The average molecular weight is 433 g/mol. The number of nitrogens with one attached hydrogen (secondary N) is 3. The minimum atomic E-state index is -0.0644. The molecular weight excluding hydrogens is 412 g/mol. The van der Waals surface area contributed by atoms with Gasteiger partial charge in [0.15, 0.2) is 5.13 Å². The zero-order chi connectivity index (χ0) is 21.6. The van der Waals surface area contributed by atoms with Crippen molar-refractivity contribution < 1.29 is 9.90 Å². The lowest BCUT2D eigenvalue weighted by molar-refractivity contribution is -0.116. The van der Waals surface area contributed by atoms with Gasteiger partial charge in [0.2, 0.25) is 5.91 Å². The van der Waals surface area contributed by atoms with Gasteiger partial charge in [-0.3, -0.25) is 4.79 Å². The van der Waals surface area contributed by atoms with E-state index in [0.717, 1.165) is 16.1 Å². The van der Waals surface area contributed by atoms with Gasteiger partial charge in [-0.15, -0.1) is 0 Å². The van der Waals surface area contributed by atoms with E-state index in [9.17, 15) is 9.90 Å². The first-order valence-corrected chi connectivity index (χ1v) is 10.4. The number of fused-ring (bicyclic) bond motifs is 1. The summed E-state index contributed by atoms with van der Waals surface area (Å²) in [6.45, 7) is 0.404. The summed E-state index contributed by atoms with van der Waals surface area (Å²) in [5, 5.41) is 16.6. The summed E-state index contributed by atoms with van der Waals surface area (Å²) >= 11 is 1.31. The minimum Gasteiger partial charge on any atom is -0.506 e. The second-order valence-corrected chi connectivity index (χ2v) is 7.82. The third kappa shape index (κ3) is 5.32. The number of hydrogen-bond acceptors (Lipinski definition) is 7. The molecule has 0 saturated heterocycles. The van der Waals surface area contributed by atoms with E-state index in [-0.39, 0.29) is 11.7 Å². The normalized spacial score (nSPS) is 10.5. The highest BCUT2D eigenvalue weighted by Crippen LogP contribution is 2.31. The maximum absolute atomic E-state index is 12.1. The third-order valence-corrected chi connectivity index (χ3v) is 5.26. The van der Waals surface area contributed by atoms with Crippen molar-refractivity contribution in [3.05, 3.63) is 60.2 Å². The number of anilines is 3. The molecule has 4 rings (SSSR count). The molecule has 0 aliphatic heterocycles. The van der Waals surface area contributed by atoms with E-state index < -0.39 is 0 Å². The smallest absolute Gasteiger partial charge is 0.224 e. The molecule has 0 fully saturated rings. The van der Waals surface area contributed by atoms with E-state index in [1.807, 2.05) is 30.3 Å². The number of H-pyrrole nitrogens is 1. The topological polar surface area (TPSA) is 129 Å². The molecular formula is C22H20N6O2S. The Balaban J connectivity index is 1.32. The first-order valence-electron chi connectivity index (χ1n) is 9.56. The van der Waals surface area contributed by atoms with Gasteiger partial charge in [-0.25, -0.2) is 9.97 Å². The summed E-state index contributed by atoms with van der Waals surface area (Å²) in [4.78, 5) is 23.2. The molecule has 6 N–H and O–H groups in total. The molecule has 2 aromatic carbocycles. The number of nitrogen functional groups attached to an aromatic ring is 1. The highest BCUT2D eigenvalue weighted by atomic mass is 32.1. The average Bonchev–Trinajstić information content (AvgIpc) is 3.39. The van der Waals surface area contributed by atoms with Crippen molar-refractivity contribution in [2.45, 2.75) is 12.8 Å². The molecule has 0 saturated carbocycles. The highest BCUT2D eigenvalue weighted by molar-refractivity contribution is 7.22. The zero-order valence-corrected chi connectivity index (χ0v) is 17.3. The van der Waals surface area contributed by atoms with Gasteiger partial charge in [0.25, 0.3) is 0 Å². The fraction of sp³-hybridized carbons (Fsp3) is 0.136. The molecule has 4 aromatic rings. The van der Waals surface area contributed by atoms with Crippen LogP contribution < -0.4 is 16.4 Å². The Morgan fingerprint density at radius 1 is 1.26 bits per heavy atom. The van der Waals surface area contributed by atoms with E-state index >= 15 is 0 Å². The SMILES string of the molecule is Nc1nc2c(O)cc(C#CCNc3cccc(NC(=O)CCc4cnc[nH]4)c3)cc2s1. The number of benzene rings is 2. The van der Waals surface area contributed by atoms with Crippen LogP contribution in [-0.2, 0) is 11.2 Å². The fourth-order valence-corrected chi connectivity index (χ4v) is 3.79. The fourth-order valence-electron chi connectivity index (χ4n) is 2.99. The van der Waals surface area contributed by atoms with Crippen molar-refractivity contribution in [2.24, 2.45) is 0 Å². The second kappa shape index (κ2) is 9.19. The Kier molecular flexibility index (Phi) is 6.01. The van der Waals surface area contributed by atoms with Crippen molar-refractivity contribution in [2.75, 3.05) is 22.9 Å². The van der Waals surface area contributed by atoms with Crippen LogP contribution in [0.2, 0.25) is 0 Å². The van der Waals surface area contributed by atoms with Crippen LogP contribution in [0.15, 0.2) is 48.9 Å². The number of phenols is 1. The van der Waals surface area contributed by atoms with Crippen LogP contribution in [0.3, 0.4) is 0 Å². The molecule has 2 aromatic heterocycles. The number of imidazole rings is 1. The molecule has 0 atom stereocenters. The van der Waals surface area contributed by atoms with E-state index in [1.165, 1.54) is 11.3 Å². The van der Waals surface area contributed by atoms with Crippen LogP contribution in [0, 0.1) is 11.8 Å². The van der Waals surface area contributed by atoms with Crippen LogP contribution in [0.1, 0.15) is 17.7 Å². The maximum atomic E-state index is 12.1. The van der Waals surface area contributed by atoms with Gasteiger partial charge in [0.1, 0.15) is 11.3 Å². The number of amides is 1. The van der Waals surface area contributed by atoms with Gasteiger partial charge in [-0.1, -0.05) is 29.2 Å². The predicted molar refractivity (Wildman–Crippen MR) is 123 cm³/mol. The predicted octanol–water partition coefficient (Wildman–Crippen LogP) is 3.34. The molecule has 156 valence electrons. The number of rotatable bonds is 6. The number of phenolic OH excluding ortho intramolecular Hbond substituents is 1. The molecule has 0 spiro atoms. The van der Waals surface area contributed by atoms with Gasteiger partial charge < -0.3 is 26.5 Å². The standard InChI is InChI=1S/C22H20N6O2S/c23-22-28-21-18(29)9-14(10-19(21)31-22)3-2-8-25-15-4-1-5-16(11-15)27-20(30)7-6-17-12-24-13-26-17/h1,4-5,9-13,25,29H,6-8H2,(H2,23,28)(H,24,26)(H,27,30). The number of thiazole rings is 1. The Bertz CT molecular complexity index is 1270. The lowest BCUT2D eigenvalue weighted by atomic mass is 10.2. The molecule has 0 aliphatic rings. The number of aromatic hydroxyl groups is 1. The van der Waals surface area contributed by atoms with Crippen LogP contribution in [0.4, 0.5) is 16.5 Å². The van der Waals surface area contributed by atoms with Gasteiger partial charge in [-0.05, 0) is 36.8 Å². The summed E-state index contributed by atoms with van der Waals surface area (Å²) in [6, 6.07) is 10.9. The Labute approximate surface area is 182 Å². The molecule has 1 amide bonds. The van der Waals surface area contributed by atoms with Crippen molar-refractivity contribution in [3.63, 3.8) is 0 Å². The summed E-state index contributed by atoms with van der Waals surface area (Å²) in [7, 11) is 0. The molecule has 8 nitrogen and oxygen atoms in total. The number of hydrogen-bond donors (Lipinski definition) is 5. The molecule has 9 heteroatoms. The number of carbonyl (C=O) groups excluding carboxylic acids is 1. The summed E-state index contributed by atoms with van der Waals surface area (Å²) in [6.07, 6.45) is 4.29. The Morgan fingerprint density at radius 2 is 2.13 bits per heavy atom. The molecule has 0 unspecified atom stereocenters. The van der Waals surface area contributed by atoms with Crippen molar-refractivity contribution in [1.82, 2.24) is 15.0 Å². The first-order chi connectivity index (χ1) is 15.1. The highest BCUT2D eigenvalue weighted by Gasteiger charge is 2.07. The van der Waals surface area contributed by atoms with Gasteiger partial charge in [0.05, 0.1) is 17.6 Å². The molecule has 0 radical (unpaired) electrons. The second-order valence-electron chi connectivity index (χ2n) is 6.76. The van der Waals surface area contributed by atoms with Crippen molar-refractivity contribution in [1.29, 1.82) is 0 Å². The quantitative estimate of drug-likeness (QED) is 0.297. The Morgan fingerprint density at radius 3 is 2.97 bits per heavy atom. The zero-order valence-electron chi connectivity index (χ0n) is 16.5. The number of nitrogens with two attached hydrogens (primary N) is 1. The number of aromatic amines is 1. The largest absolute Gasteiger partial charge is 0.506 e. The van der Waals surface area contributed by atoms with Crippen LogP contribution in [0.25, 0.3) is 10.2 Å². The number of aryl methyl sites for hydroxylation is 1. The molecule has 0 aliphatic carbocycles. The van der Waals surface area contributed by atoms with Gasteiger partial charge in [-0.2, -0.15) is 0 Å². The van der Waals surface area contributed by atoms with Gasteiger partial charge in [0, 0.05) is 35.2 Å². The molecule has 0 bridgehead atoms.